The summed E-state index contributed by atoms with van der Waals surface area (Å²) in [6.07, 6.45) is 5.64. The molecule has 5 heteroatoms. The Bertz CT molecular complexity index is 997. The van der Waals surface area contributed by atoms with Crippen molar-refractivity contribution in [3.63, 3.8) is 0 Å². The SMILES string of the molecule is COc1ccc(-c2cccc(CC3(C(=O)NCc4ccncc4)CCOCC3)c2)cc1. The number of nitrogens with zero attached hydrogens (tertiary/aromatic N) is 1. The van der Waals surface area contributed by atoms with E-state index in [1.807, 2.05) is 24.3 Å². The van der Waals surface area contributed by atoms with Gasteiger partial charge in [0.2, 0.25) is 5.91 Å². The van der Waals surface area contributed by atoms with Crippen LogP contribution in [0.4, 0.5) is 0 Å². The van der Waals surface area contributed by atoms with Crippen molar-refractivity contribution in [2.24, 2.45) is 5.41 Å². The number of rotatable bonds is 7. The molecule has 1 saturated heterocycles. The molecule has 0 saturated carbocycles. The van der Waals surface area contributed by atoms with Gasteiger partial charge in [-0.3, -0.25) is 9.78 Å². The number of nitrogens with one attached hydrogen (secondary N) is 1. The molecule has 2 aromatic carbocycles. The normalized spacial score (nSPS) is 15.3. The van der Waals surface area contributed by atoms with Gasteiger partial charge >= 0.3 is 0 Å². The van der Waals surface area contributed by atoms with Crippen LogP contribution in [0.1, 0.15) is 24.0 Å². The average Bonchev–Trinajstić information content (AvgIpc) is 2.84. The summed E-state index contributed by atoms with van der Waals surface area (Å²) >= 11 is 0. The number of hydrogen-bond donors (Lipinski definition) is 1. The first-order valence-corrected chi connectivity index (χ1v) is 10.7. The summed E-state index contributed by atoms with van der Waals surface area (Å²) in [5, 5.41) is 3.15. The second-order valence-corrected chi connectivity index (χ2v) is 8.04. The topological polar surface area (TPSA) is 60.5 Å². The Hall–Kier alpha value is -3.18. The number of benzene rings is 2. The molecule has 1 aliphatic heterocycles. The molecule has 160 valence electrons. The zero-order chi connectivity index (χ0) is 21.5. The highest BCUT2D eigenvalue weighted by Gasteiger charge is 2.40. The van der Waals surface area contributed by atoms with Crippen molar-refractivity contribution >= 4 is 5.91 Å². The molecule has 4 rings (SSSR count). The van der Waals surface area contributed by atoms with E-state index in [9.17, 15) is 4.79 Å². The fourth-order valence-corrected chi connectivity index (χ4v) is 4.15. The maximum absolute atomic E-state index is 13.3. The summed E-state index contributed by atoms with van der Waals surface area (Å²) in [5.41, 5.74) is 4.02. The minimum absolute atomic E-state index is 0.0995. The first kappa shape index (κ1) is 21.1. The number of amides is 1. The molecule has 5 nitrogen and oxygen atoms in total. The fourth-order valence-electron chi connectivity index (χ4n) is 4.15. The predicted octanol–water partition coefficient (Wildman–Crippen LogP) is 4.41. The highest BCUT2D eigenvalue weighted by Crippen LogP contribution is 2.36. The van der Waals surface area contributed by atoms with Crippen LogP contribution in [-0.2, 0) is 22.5 Å². The van der Waals surface area contributed by atoms with E-state index in [-0.39, 0.29) is 5.91 Å². The molecule has 2 heterocycles. The minimum Gasteiger partial charge on any atom is -0.497 e. The van der Waals surface area contributed by atoms with Crippen molar-refractivity contribution in [2.75, 3.05) is 20.3 Å². The lowest BCUT2D eigenvalue weighted by atomic mass is 9.74. The van der Waals surface area contributed by atoms with Gasteiger partial charge in [0, 0.05) is 32.2 Å². The Morgan fingerprint density at radius 2 is 1.74 bits per heavy atom. The van der Waals surface area contributed by atoms with Crippen molar-refractivity contribution < 1.29 is 14.3 Å². The Kier molecular flexibility index (Phi) is 6.63. The van der Waals surface area contributed by atoms with Gasteiger partial charge in [-0.2, -0.15) is 0 Å². The van der Waals surface area contributed by atoms with Gasteiger partial charge in [-0.1, -0.05) is 36.4 Å². The number of carbonyl (C=O) groups is 1. The molecule has 1 fully saturated rings. The molecule has 1 N–H and O–H groups in total. The number of hydrogen-bond acceptors (Lipinski definition) is 4. The second kappa shape index (κ2) is 9.75. The molecule has 0 bridgehead atoms. The molecule has 0 unspecified atom stereocenters. The molecule has 0 atom stereocenters. The Balaban J connectivity index is 1.52. The highest BCUT2D eigenvalue weighted by atomic mass is 16.5. The molecule has 1 aromatic heterocycles. The molecule has 0 aliphatic carbocycles. The smallest absolute Gasteiger partial charge is 0.226 e. The van der Waals surface area contributed by atoms with Gasteiger partial charge < -0.3 is 14.8 Å². The van der Waals surface area contributed by atoms with Gasteiger partial charge in [0.15, 0.2) is 0 Å². The predicted molar refractivity (Wildman–Crippen MR) is 121 cm³/mol. The van der Waals surface area contributed by atoms with Crippen LogP contribution in [0, 0.1) is 5.41 Å². The van der Waals surface area contributed by atoms with Gasteiger partial charge in [-0.15, -0.1) is 0 Å². The van der Waals surface area contributed by atoms with Crippen LogP contribution in [0.15, 0.2) is 73.1 Å². The summed E-state index contributed by atoms with van der Waals surface area (Å²) in [6.45, 7) is 1.73. The molecular formula is C26H28N2O3. The number of methoxy groups -OCH3 is 1. The van der Waals surface area contributed by atoms with Crippen molar-refractivity contribution in [1.29, 1.82) is 0 Å². The van der Waals surface area contributed by atoms with Gasteiger partial charge in [0.1, 0.15) is 5.75 Å². The second-order valence-electron chi connectivity index (χ2n) is 8.04. The lowest BCUT2D eigenvalue weighted by Gasteiger charge is -2.36. The van der Waals surface area contributed by atoms with E-state index < -0.39 is 5.41 Å². The van der Waals surface area contributed by atoms with Crippen LogP contribution < -0.4 is 10.1 Å². The zero-order valence-electron chi connectivity index (χ0n) is 17.8. The standard InChI is InChI=1S/C26H28N2O3/c1-30-24-7-5-22(6-8-24)23-4-2-3-21(17-23)18-26(11-15-31-16-12-26)25(29)28-19-20-9-13-27-14-10-20/h2-10,13-14,17H,11-12,15-16,18-19H2,1H3,(H,28,29). The maximum atomic E-state index is 13.3. The molecule has 1 aliphatic rings. The van der Waals surface area contributed by atoms with E-state index in [4.69, 9.17) is 9.47 Å². The molecular weight excluding hydrogens is 388 g/mol. The van der Waals surface area contributed by atoms with E-state index >= 15 is 0 Å². The van der Waals surface area contributed by atoms with E-state index in [1.54, 1.807) is 19.5 Å². The third kappa shape index (κ3) is 5.12. The minimum atomic E-state index is -0.455. The van der Waals surface area contributed by atoms with Crippen LogP contribution in [0.5, 0.6) is 5.75 Å². The largest absolute Gasteiger partial charge is 0.497 e. The van der Waals surface area contributed by atoms with Gasteiger partial charge in [0.05, 0.1) is 12.5 Å². The van der Waals surface area contributed by atoms with Crippen molar-refractivity contribution in [1.82, 2.24) is 10.3 Å². The molecule has 3 aromatic rings. The Morgan fingerprint density at radius 3 is 2.45 bits per heavy atom. The molecule has 0 radical (unpaired) electrons. The lowest BCUT2D eigenvalue weighted by Crippen LogP contribution is -2.45. The third-order valence-electron chi connectivity index (χ3n) is 6.03. The van der Waals surface area contributed by atoms with Crippen LogP contribution in [0.2, 0.25) is 0 Å². The summed E-state index contributed by atoms with van der Waals surface area (Å²) in [4.78, 5) is 17.4. The molecule has 1 amide bonds. The monoisotopic (exact) mass is 416 g/mol. The number of ether oxygens (including phenoxy) is 2. The summed E-state index contributed by atoms with van der Waals surface area (Å²) in [5.74, 6) is 0.939. The Morgan fingerprint density at radius 1 is 1.00 bits per heavy atom. The maximum Gasteiger partial charge on any atom is 0.226 e. The lowest BCUT2D eigenvalue weighted by molar-refractivity contribution is -0.136. The van der Waals surface area contributed by atoms with Crippen LogP contribution >= 0.6 is 0 Å². The Labute approximate surface area is 183 Å². The number of aromatic nitrogens is 1. The molecule has 0 spiro atoms. The fraction of sp³-hybridized carbons (Fsp3) is 0.308. The van der Waals surface area contributed by atoms with E-state index in [1.165, 1.54) is 0 Å². The summed E-state index contributed by atoms with van der Waals surface area (Å²) in [6, 6.07) is 20.4. The van der Waals surface area contributed by atoms with Gasteiger partial charge in [-0.25, -0.2) is 0 Å². The van der Waals surface area contributed by atoms with Crippen LogP contribution in [0.25, 0.3) is 11.1 Å². The molecule has 31 heavy (non-hydrogen) atoms. The number of pyridine rings is 1. The number of carbonyl (C=O) groups excluding carboxylic acids is 1. The summed E-state index contributed by atoms with van der Waals surface area (Å²) < 4.78 is 10.9. The van der Waals surface area contributed by atoms with Crippen molar-refractivity contribution in [2.45, 2.75) is 25.8 Å². The van der Waals surface area contributed by atoms with E-state index in [0.29, 0.717) is 26.2 Å². The van der Waals surface area contributed by atoms with Crippen molar-refractivity contribution in [3.05, 3.63) is 84.2 Å². The quantitative estimate of drug-likeness (QED) is 0.620. The first-order valence-electron chi connectivity index (χ1n) is 10.7. The third-order valence-corrected chi connectivity index (χ3v) is 6.03. The average molecular weight is 417 g/mol. The van der Waals surface area contributed by atoms with E-state index in [2.05, 4.69) is 46.7 Å². The van der Waals surface area contributed by atoms with Gasteiger partial charge in [0.25, 0.3) is 0 Å². The van der Waals surface area contributed by atoms with Gasteiger partial charge in [-0.05, 0) is 65.8 Å². The zero-order valence-corrected chi connectivity index (χ0v) is 17.8. The first-order chi connectivity index (χ1) is 15.2. The van der Waals surface area contributed by atoms with Crippen LogP contribution in [0.3, 0.4) is 0 Å². The highest BCUT2D eigenvalue weighted by molar-refractivity contribution is 5.83. The summed E-state index contributed by atoms with van der Waals surface area (Å²) in [7, 11) is 1.67. The van der Waals surface area contributed by atoms with E-state index in [0.717, 1.165) is 40.8 Å². The van der Waals surface area contributed by atoms with Crippen LogP contribution in [-0.4, -0.2) is 31.2 Å². The van der Waals surface area contributed by atoms with Crippen molar-refractivity contribution in [3.8, 4) is 16.9 Å².